The van der Waals surface area contributed by atoms with Crippen LogP contribution in [0, 0.1) is 0 Å². The normalized spacial score (nSPS) is 12.1. The molecule has 5 nitrogen and oxygen atoms in total. The molecule has 0 aliphatic carbocycles. The molecule has 3 aromatic rings. The summed E-state index contributed by atoms with van der Waals surface area (Å²) >= 11 is 11.5. The fraction of sp³-hybridized carbons (Fsp3) is 0.321. The van der Waals surface area contributed by atoms with Crippen LogP contribution in [0.5, 0.6) is 11.5 Å². The maximum atomic E-state index is 10.5. The quantitative estimate of drug-likeness (QED) is 0.357. The molecule has 3 rings (SSSR count). The minimum absolute atomic E-state index is 0.0785. The second-order valence-electron chi connectivity index (χ2n) is 9.52. The molecule has 0 heterocycles. The van der Waals surface area contributed by atoms with Crippen LogP contribution in [0.3, 0.4) is 0 Å². The SMILES string of the molecule is CN(CC(O)COc1cccc(N(C)C(=S)Oc2ccc(C(C)(C)C)cc2)c1)c1ccc(Cl)cc1. The number of halogens is 1. The Hall–Kier alpha value is -2.80. The minimum atomic E-state index is -0.669. The smallest absolute Gasteiger partial charge is 0.269 e. The summed E-state index contributed by atoms with van der Waals surface area (Å²) in [6.07, 6.45) is -0.669. The van der Waals surface area contributed by atoms with E-state index in [9.17, 15) is 5.11 Å². The summed E-state index contributed by atoms with van der Waals surface area (Å²) in [5, 5.41) is 11.5. The fourth-order valence-corrected chi connectivity index (χ4v) is 3.77. The van der Waals surface area contributed by atoms with E-state index in [1.807, 2.05) is 79.7 Å². The van der Waals surface area contributed by atoms with Crippen LogP contribution in [-0.4, -0.2) is 43.6 Å². The van der Waals surface area contributed by atoms with Crippen molar-refractivity contribution in [1.29, 1.82) is 0 Å². The Balaban J connectivity index is 1.54. The number of likely N-dealkylation sites (N-methyl/N-ethyl adjacent to an activating group) is 1. The molecule has 0 aliphatic heterocycles. The van der Waals surface area contributed by atoms with Gasteiger partial charge in [-0.2, -0.15) is 0 Å². The van der Waals surface area contributed by atoms with E-state index in [0.29, 0.717) is 28.2 Å². The van der Waals surface area contributed by atoms with Gasteiger partial charge in [0.1, 0.15) is 24.2 Å². The second-order valence-corrected chi connectivity index (χ2v) is 10.3. The van der Waals surface area contributed by atoms with Gasteiger partial charge >= 0.3 is 0 Å². The van der Waals surface area contributed by atoms with Gasteiger partial charge in [-0.05, 0) is 71.7 Å². The lowest BCUT2D eigenvalue weighted by atomic mass is 9.87. The largest absolute Gasteiger partial charge is 0.491 e. The number of aliphatic hydroxyl groups excluding tert-OH is 1. The summed E-state index contributed by atoms with van der Waals surface area (Å²) in [6, 6.07) is 23.0. The van der Waals surface area contributed by atoms with Crippen LogP contribution < -0.4 is 19.3 Å². The third-order valence-corrected chi connectivity index (χ3v) is 6.21. The molecule has 1 unspecified atom stereocenters. The number of benzene rings is 3. The molecule has 186 valence electrons. The number of hydrogen-bond donors (Lipinski definition) is 1. The van der Waals surface area contributed by atoms with E-state index in [1.165, 1.54) is 5.56 Å². The van der Waals surface area contributed by atoms with Crippen LogP contribution in [0.2, 0.25) is 5.02 Å². The number of rotatable bonds is 8. The lowest BCUT2D eigenvalue weighted by Crippen LogP contribution is -2.33. The minimum Gasteiger partial charge on any atom is -0.491 e. The Morgan fingerprint density at radius 3 is 2.23 bits per heavy atom. The van der Waals surface area contributed by atoms with Crippen molar-refractivity contribution in [2.45, 2.75) is 32.3 Å². The molecule has 0 aromatic heterocycles. The molecular formula is C28H33ClN2O3S. The first-order chi connectivity index (χ1) is 16.5. The molecule has 0 saturated heterocycles. The van der Waals surface area contributed by atoms with E-state index >= 15 is 0 Å². The number of aliphatic hydroxyl groups is 1. The summed E-state index contributed by atoms with van der Waals surface area (Å²) in [7, 11) is 3.76. The van der Waals surface area contributed by atoms with Gasteiger partial charge in [0.15, 0.2) is 0 Å². The van der Waals surface area contributed by atoms with Crippen molar-refractivity contribution in [3.05, 3.63) is 83.4 Å². The van der Waals surface area contributed by atoms with Crippen molar-refractivity contribution in [2.24, 2.45) is 0 Å². The van der Waals surface area contributed by atoms with E-state index in [2.05, 4.69) is 32.9 Å². The number of ether oxygens (including phenoxy) is 2. The Labute approximate surface area is 218 Å². The molecule has 0 spiro atoms. The number of thiocarbonyl (C=S) groups is 1. The molecule has 0 aliphatic rings. The maximum Gasteiger partial charge on any atom is 0.269 e. The predicted octanol–water partition coefficient (Wildman–Crippen LogP) is 6.31. The van der Waals surface area contributed by atoms with Crippen LogP contribution >= 0.6 is 23.8 Å². The first-order valence-electron chi connectivity index (χ1n) is 11.5. The molecule has 7 heteroatoms. The Bertz CT molecular complexity index is 1110. The highest BCUT2D eigenvalue weighted by Gasteiger charge is 2.15. The Kier molecular flexibility index (Phi) is 9.00. The summed E-state index contributed by atoms with van der Waals surface area (Å²) < 4.78 is 11.7. The van der Waals surface area contributed by atoms with E-state index in [1.54, 1.807) is 4.90 Å². The molecule has 0 amide bonds. The molecule has 0 radical (unpaired) electrons. The van der Waals surface area contributed by atoms with Gasteiger partial charge in [0.05, 0.1) is 0 Å². The second kappa shape index (κ2) is 11.8. The molecule has 1 N–H and O–H groups in total. The van der Waals surface area contributed by atoms with Crippen molar-refractivity contribution in [2.75, 3.05) is 37.0 Å². The number of nitrogens with zero attached hydrogens (tertiary/aromatic N) is 2. The van der Waals surface area contributed by atoms with Crippen LogP contribution in [0.15, 0.2) is 72.8 Å². The average molecular weight is 513 g/mol. The van der Waals surface area contributed by atoms with E-state index in [4.69, 9.17) is 33.3 Å². The third kappa shape index (κ3) is 7.85. The zero-order valence-electron chi connectivity index (χ0n) is 20.9. The topological polar surface area (TPSA) is 45.2 Å². The van der Waals surface area contributed by atoms with E-state index in [0.717, 1.165) is 11.4 Å². The van der Waals surface area contributed by atoms with Crippen LogP contribution in [0.25, 0.3) is 0 Å². The van der Waals surface area contributed by atoms with Gasteiger partial charge < -0.3 is 24.4 Å². The molecule has 1 atom stereocenters. The standard InChI is InChI=1S/C28H33ClN2O3S/c1-28(2,3)20-9-15-25(16-10-20)34-27(35)31(5)23-7-6-8-26(17-23)33-19-24(32)18-30(4)22-13-11-21(29)12-14-22/h6-17,24,32H,18-19H2,1-5H3. The van der Waals surface area contributed by atoms with Gasteiger partial charge in [-0.15, -0.1) is 0 Å². The molecule has 0 fully saturated rings. The first kappa shape index (κ1) is 26.8. The monoisotopic (exact) mass is 512 g/mol. The zero-order chi connectivity index (χ0) is 25.6. The van der Waals surface area contributed by atoms with Crippen LogP contribution in [-0.2, 0) is 5.41 Å². The highest BCUT2D eigenvalue weighted by atomic mass is 35.5. The van der Waals surface area contributed by atoms with Gasteiger partial charge in [-0.3, -0.25) is 0 Å². The molecule has 0 bridgehead atoms. The molecule has 0 saturated carbocycles. The zero-order valence-corrected chi connectivity index (χ0v) is 22.4. The maximum absolute atomic E-state index is 10.5. The lowest BCUT2D eigenvalue weighted by Gasteiger charge is -2.23. The number of anilines is 2. The van der Waals surface area contributed by atoms with Crippen molar-refractivity contribution < 1.29 is 14.6 Å². The first-order valence-corrected chi connectivity index (χ1v) is 12.3. The van der Waals surface area contributed by atoms with Gasteiger partial charge in [-0.1, -0.05) is 50.6 Å². The summed E-state index contributed by atoms with van der Waals surface area (Å²) in [6.45, 7) is 7.10. The van der Waals surface area contributed by atoms with E-state index in [-0.39, 0.29) is 12.0 Å². The van der Waals surface area contributed by atoms with Gasteiger partial charge in [0, 0.05) is 43.1 Å². The van der Waals surface area contributed by atoms with E-state index < -0.39 is 6.10 Å². The lowest BCUT2D eigenvalue weighted by molar-refractivity contribution is 0.113. The van der Waals surface area contributed by atoms with Crippen molar-refractivity contribution in [1.82, 2.24) is 0 Å². The van der Waals surface area contributed by atoms with Crippen LogP contribution in [0.1, 0.15) is 26.3 Å². The van der Waals surface area contributed by atoms with Crippen molar-refractivity contribution in [3.8, 4) is 11.5 Å². The Morgan fingerprint density at radius 1 is 0.943 bits per heavy atom. The molecule has 3 aromatic carbocycles. The van der Waals surface area contributed by atoms with Crippen molar-refractivity contribution in [3.63, 3.8) is 0 Å². The fourth-order valence-electron chi connectivity index (χ4n) is 3.44. The highest BCUT2D eigenvalue weighted by Crippen LogP contribution is 2.26. The summed E-state index contributed by atoms with van der Waals surface area (Å²) in [5.41, 5.74) is 3.11. The Morgan fingerprint density at radius 2 is 1.60 bits per heavy atom. The van der Waals surface area contributed by atoms with Gasteiger partial charge in [-0.25, -0.2) is 0 Å². The van der Waals surface area contributed by atoms with Gasteiger partial charge in [0.25, 0.3) is 5.17 Å². The number of hydrogen-bond acceptors (Lipinski definition) is 5. The predicted molar refractivity (Wildman–Crippen MR) is 149 cm³/mol. The average Bonchev–Trinajstić information content (AvgIpc) is 2.82. The molecule has 35 heavy (non-hydrogen) atoms. The summed E-state index contributed by atoms with van der Waals surface area (Å²) in [5.74, 6) is 1.33. The van der Waals surface area contributed by atoms with Crippen molar-refractivity contribution >= 4 is 40.4 Å². The third-order valence-electron chi connectivity index (χ3n) is 5.60. The van der Waals surface area contributed by atoms with Crippen LogP contribution in [0.4, 0.5) is 11.4 Å². The highest BCUT2D eigenvalue weighted by molar-refractivity contribution is 7.80. The molecular weight excluding hydrogens is 480 g/mol. The summed E-state index contributed by atoms with van der Waals surface area (Å²) in [4.78, 5) is 3.74. The van der Waals surface area contributed by atoms with Gasteiger partial charge in [0.2, 0.25) is 0 Å².